The molecule has 0 saturated carbocycles. The first-order valence-corrected chi connectivity index (χ1v) is 8.35. The van der Waals surface area contributed by atoms with Crippen LogP contribution in [0.4, 0.5) is 10.5 Å². The van der Waals surface area contributed by atoms with Gasteiger partial charge in [-0.25, -0.2) is 4.79 Å². The van der Waals surface area contributed by atoms with E-state index < -0.39 is 18.0 Å². The first-order chi connectivity index (χ1) is 11.0. The molecule has 7 nitrogen and oxygen atoms in total. The topological polar surface area (TPSA) is 102 Å². The Morgan fingerprint density at radius 3 is 2.96 bits per heavy atom. The molecule has 0 unspecified atom stereocenters. The molecule has 1 aliphatic rings. The first kappa shape index (κ1) is 16.8. The zero-order chi connectivity index (χ0) is 16.8. The number of hydrogen-bond acceptors (Lipinski definition) is 5. The number of urea groups is 1. The van der Waals surface area contributed by atoms with Crippen molar-refractivity contribution in [1.29, 1.82) is 5.26 Å². The van der Waals surface area contributed by atoms with Crippen LogP contribution in [-0.4, -0.2) is 47.3 Å². The van der Waals surface area contributed by atoms with Crippen molar-refractivity contribution in [3.05, 3.63) is 29.8 Å². The van der Waals surface area contributed by atoms with E-state index in [1.165, 1.54) is 6.07 Å². The van der Waals surface area contributed by atoms with Crippen LogP contribution < -0.4 is 10.6 Å². The van der Waals surface area contributed by atoms with Crippen molar-refractivity contribution in [2.75, 3.05) is 23.9 Å². The second kappa shape index (κ2) is 7.65. The SMILES string of the molecule is CSCC[C@H]1NC(=O)N(CC(=O)Nc2cccc(C#N)c2)C1=O. The molecule has 0 aliphatic carbocycles. The van der Waals surface area contributed by atoms with Gasteiger partial charge >= 0.3 is 6.03 Å². The van der Waals surface area contributed by atoms with Crippen molar-refractivity contribution < 1.29 is 14.4 Å². The van der Waals surface area contributed by atoms with E-state index in [1.807, 2.05) is 12.3 Å². The van der Waals surface area contributed by atoms with E-state index in [9.17, 15) is 14.4 Å². The fourth-order valence-corrected chi connectivity index (χ4v) is 2.64. The molecule has 0 radical (unpaired) electrons. The summed E-state index contributed by atoms with van der Waals surface area (Å²) < 4.78 is 0. The van der Waals surface area contributed by atoms with Crippen LogP contribution >= 0.6 is 11.8 Å². The lowest BCUT2D eigenvalue weighted by molar-refractivity contribution is -0.130. The summed E-state index contributed by atoms with van der Waals surface area (Å²) in [5.74, 6) is -0.128. The van der Waals surface area contributed by atoms with Crippen LogP contribution in [0, 0.1) is 11.3 Å². The van der Waals surface area contributed by atoms with Crippen LogP contribution in [0.5, 0.6) is 0 Å². The van der Waals surface area contributed by atoms with Crippen molar-refractivity contribution in [2.45, 2.75) is 12.5 Å². The maximum atomic E-state index is 12.1. The third-order valence-corrected chi connectivity index (χ3v) is 3.94. The predicted octanol–water partition coefficient (Wildman–Crippen LogP) is 1.17. The fraction of sp³-hybridized carbons (Fsp3) is 0.333. The average molecular weight is 332 g/mol. The van der Waals surface area contributed by atoms with Gasteiger partial charge < -0.3 is 10.6 Å². The molecule has 0 bridgehead atoms. The lowest BCUT2D eigenvalue weighted by Crippen LogP contribution is -2.38. The van der Waals surface area contributed by atoms with Crippen LogP contribution in [0.3, 0.4) is 0 Å². The molecular weight excluding hydrogens is 316 g/mol. The highest BCUT2D eigenvalue weighted by molar-refractivity contribution is 7.98. The fourth-order valence-electron chi connectivity index (χ4n) is 2.17. The summed E-state index contributed by atoms with van der Waals surface area (Å²) in [5.41, 5.74) is 0.856. The predicted molar refractivity (Wildman–Crippen MR) is 86.8 cm³/mol. The number of benzene rings is 1. The van der Waals surface area contributed by atoms with Gasteiger partial charge in [-0.15, -0.1) is 0 Å². The van der Waals surface area contributed by atoms with Crippen molar-refractivity contribution in [2.24, 2.45) is 0 Å². The van der Waals surface area contributed by atoms with E-state index in [0.29, 0.717) is 17.7 Å². The van der Waals surface area contributed by atoms with E-state index in [-0.39, 0.29) is 12.5 Å². The van der Waals surface area contributed by atoms with Gasteiger partial charge in [0.05, 0.1) is 11.6 Å². The Kier molecular flexibility index (Phi) is 5.60. The summed E-state index contributed by atoms with van der Waals surface area (Å²) in [5, 5.41) is 14.0. The van der Waals surface area contributed by atoms with Crippen LogP contribution in [0.15, 0.2) is 24.3 Å². The number of thioether (sulfide) groups is 1. The number of carbonyl (C=O) groups excluding carboxylic acids is 3. The normalized spacial score (nSPS) is 16.9. The summed E-state index contributed by atoms with van der Waals surface area (Å²) in [4.78, 5) is 36.9. The molecule has 1 aromatic carbocycles. The van der Waals surface area contributed by atoms with Crippen LogP contribution in [0.2, 0.25) is 0 Å². The third-order valence-electron chi connectivity index (χ3n) is 3.29. The number of nitriles is 1. The van der Waals surface area contributed by atoms with Gasteiger partial charge in [0, 0.05) is 5.69 Å². The van der Waals surface area contributed by atoms with Gasteiger partial charge in [0.25, 0.3) is 5.91 Å². The lowest BCUT2D eigenvalue weighted by Gasteiger charge is -2.13. The Labute approximate surface area is 138 Å². The highest BCUT2D eigenvalue weighted by Crippen LogP contribution is 2.13. The summed E-state index contributed by atoms with van der Waals surface area (Å²) in [6, 6.07) is 7.26. The highest BCUT2D eigenvalue weighted by atomic mass is 32.2. The number of carbonyl (C=O) groups is 3. The Morgan fingerprint density at radius 2 is 2.26 bits per heavy atom. The van der Waals surface area contributed by atoms with Crippen LogP contribution in [0.1, 0.15) is 12.0 Å². The van der Waals surface area contributed by atoms with Crippen molar-refractivity contribution >= 4 is 35.3 Å². The molecular formula is C15H16N4O3S. The van der Waals surface area contributed by atoms with Gasteiger partial charge in [-0.05, 0) is 36.6 Å². The van der Waals surface area contributed by atoms with Gasteiger partial charge in [0.1, 0.15) is 12.6 Å². The minimum absolute atomic E-state index is 0.350. The number of nitrogens with zero attached hydrogens (tertiary/aromatic N) is 2. The van der Waals surface area contributed by atoms with E-state index >= 15 is 0 Å². The quantitative estimate of drug-likeness (QED) is 0.761. The number of amides is 4. The molecule has 1 fully saturated rings. The lowest BCUT2D eigenvalue weighted by atomic mass is 10.2. The van der Waals surface area contributed by atoms with Crippen LogP contribution in [0.25, 0.3) is 0 Å². The van der Waals surface area contributed by atoms with E-state index in [2.05, 4.69) is 10.6 Å². The Bertz CT molecular complexity index is 671. The average Bonchev–Trinajstić information content (AvgIpc) is 2.80. The monoisotopic (exact) mass is 332 g/mol. The summed E-state index contributed by atoms with van der Waals surface area (Å²) in [6.07, 6.45) is 2.45. The molecule has 2 rings (SSSR count). The second-order valence-electron chi connectivity index (χ2n) is 4.95. The Balaban J connectivity index is 1.95. The van der Waals surface area contributed by atoms with Gasteiger partial charge in [-0.3, -0.25) is 14.5 Å². The van der Waals surface area contributed by atoms with Gasteiger partial charge in [0.2, 0.25) is 5.91 Å². The standard InChI is InChI=1S/C15H16N4O3S/c1-23-6-5-12-14(21)19(15(22)18-12)9-13(20)17-11-4-2-3-10(7-11)8-16/h2-4,7,12H,5-6,9H2,1H3,(H,17,20)(H,18,22)/t12-/m1/s1. The largest absolute Gasteiger partial charge is 0.326 e. The summed E-state index contributed by atoms with van der Waals surface area (Å²) in [6.45, 7) is -0.350. The number of nitrogens with one attached hydrogen (secondary N) is 2. The molecule has 0 aromatic heterocycles. The molecule has 1 aromatic rings. The molecule has 1 atom stereocenters. The van der Waals surface area contributed by atoms with Crippen molar-refractivity contribution in [3.63, 3.8) is 0 Å². The van der Waals surface area contributed by atoms with Gasteiger partial charge in [-0.1, -0.05) is 6.07 Å². The van der Waals surface area contributed by atoms with Gasteiger partial charge in [-0.2, -0.15) is 17.0 Å². The Morgan fingerprint density at radius 1 is 1.48 bits per heavy atom. The van der Waals surface area contributed by atoms with Crippen molar-refractivity contribution in [1.82, 2.24) is 10.2 Å². The van der Waals surface area contributed by atoms with Crippen molar-refractivity contribution in [3.8, 4) is 6.07 Å². The maximum absolute atomic E-state index is 12.1. The van der Waals surface area contributed by atoms with E-state index in [4.69, 9.17) is 5.26 Å². The summed E-state index contributed by atoms with van der Waals surface area (Å²) in [7, 11) is 0. The number of hydrogen-bond donors (Lipinski definition) is 2. The highest BCUT2D eigenvalue weighted by Gasteiger charge is 2.38. The molecule has 1 heterocycles. The van der Waals surface area contributed by atoms with Gasteiger partial charge in [0.15, 0.2) is 0 Å². The van der Waals surface area contributed by atoms with Crippen LogP contribution in [-0.2, 0) is 9.59 Å². The molecule has 23 heavy (non-hydrogen) atoms. The zero-order valence-corrected chi connectivity index (χ0v) is 13.4. The minimum atomic E-state index is -0.565. The smallest absolute Gasteiger partial charge is 0.325 e. The molecule has 1 saturated heterocycles. The number of imide groups is 1. The first-order valence-electron chi connectivity index (χ1n) is 6.96. The summed E-state index contributed by atoms with van der Waals surface area (Å²) >= 11 is 1.58. The Hall–Kier alpha value is -2.53. The third kappa shape index (κ3) is 4.23. The molecule has 1 aliphatic heterocycles. The number of anilines is 1. The molecule has 2 N–H and O–H groups in total. The molecule has 8 heteroatoms. The second-order valence-corrected chi connectivity index (χ2v) is 5.93. The van der Waals surface area contributed by atoms with E-state index in [1.54, 1.807) is 30.0 Å². The maximum Gasteiger partial charge on any atom is 0.325 e. The molecule has 120 valence electrons. The number of rotatable bonds is 6. The molecule has 4 amide bonds. The zero-order valence-electron chi connectivity index (χ0n) is 12.5. The minimum Gasteiger partial charge on any atom is -0.326 e. The molecule has 0 spiro atoms. The van der Waals surface area contributed by atoms with E-state index in [0.717, 1.165) is 10.7 Å².